The lowest BCUT2D eigenvalue weighted by Crippen LogP contribution is -2.31. The standard InChI is InChI=1S/C20H19N5O2S3/c1-3-25(19-22-15-6-4-5-7-16(15)29-19)17(26)12-28-20-24-23-18(30-20)21-13-8-10-14(27-2)11-9-13/h4-11H,3,12H2,1-2H3,(H,21,23). The van der Waals surface area contributed by atoms with E-state index in [1.807, 2.05) is 55.5 Å². The smallest absolute Gasteiger partial charge is 0.239 e. The van der Waals surface area contributed by atoms with Gasteiger partial charge in [0.2, 0.25) is 11.0 Å². The van der Waals surface area contributed by atoms with Crippen LogP contribution in [0.4, 0.5) is 16.0 Å². The van der Waals surface area contributed by atoms with Crippen molar-refractivity contribution in [3.05, 3.63) is 48.5 Å². The third-order valence-electron chi connectivity index (χ3n) is 4.20. The molecule has 4 rings (SSSR count). The largest absolute Gasteiger partial charge is 0.497 e. The Morgan fingerprint density at radius 3 is 2.67 bits per heavy atom. The fraction of sp³-hybridized carbons (Fsp3) is 0.200. The van der Waals surface area contributed by atoms with Gasteiger partial charge >= 0.3 is 0 Å². The third-order valence-corrected chi connectivity index (χ3v) is 7.21. The highest BCUT2D eigenvalue weighted by atomic mass is 32.2. The number of hydrogen-bond acceptors (Lipinski definition) is 9. The van der Waals surface area contributed by atoms with Gasteiger partial charge in [-0.25, -0.2) is 4.98 Å². The van der Waals surface area contributed by atoms with Crippen LogP contribution in [0.5, 0.6) is 5.75 Å². The van der Waals surface area contributed by atoms with Crippen LogP contribution < -0.4 is 15.0 Å². The molecule has 0 atom stereocenters. The molecule has 30 heavy (non-hydrogen) atoms. The quantitative estimate of drug-likeness (QED) is 0.371. The van der Waals surface area contributed by atoms with E-state index in [4.69, 9.17) is 4.74 Å². The van der Waals surface area contributed by atoms with Gasteiger partial charge in [0.25, 0.3) is 0 Å². The second kappa shape index (κ2) is 9.41. The number of fused-ring (bicyclic) bond motifs is 1. The molecule has 0 bridgehead atoms. The first-order valence-corrected chi connectivity index (χ1v) is 11.8. The van der Waals surface area contributed by atoms with Crippen LogP contribution in [0.1, 0.15) is 6.92 Å². The van der Waals surface area contributed by atoms with E-state index in [1.165, 1.54) is 34.4 Å². The van der Waals surface area contributed by atoms with Crippen LogP contribution >= 0.6 is 34.4 Å². The molecule has 0 aliphatic heterocycles. The molecule has 0 saturated heterocycles. The zero-order valence-corrected chi connectivity index (χ0v) is 18.8. The van der Waals surface area contributed by atoms with Gasteiger partial charge in [-0.05, 0) is 43.3 Å². The molecule has 10 heteroatoms. The number of anilines is 3. The fourth-order valence-electron chi connectivity index (χ4n) is 2.71. The predicted octanol–water partition coefficient (Wildman–Crippen LogP) is 5.05. The molecule has 0 aliphatic rings. The molecule has 2 heterocycles. The lowest BCUT2D eigenvalue weighted by Gasteiger charge is -2.16. The molecule has 0 spiro atoms. The zero-order chi connectivity index (χ0) is 20.9. The van der Waals surface area contributed by atoms with Crippen molar-refractivity contribution in [1.82, 2.24) is 15.2 Å². The van der Waals surface area contributed by atoms with Crippen molar-refractivity contribution < 1.29 is 9.53 Å². The lowest BCUT2D eigenvalue weighted by atomic mass is 10.3. The van der Waals surface area contributed by atoms with E-state index < -0.39 is 0 Å². The Balaban J connectivity index is 1.37. The monoisotopic (exact) mass is 457 g/mol. The maximum atomic E-state index is 12.8. The van der Waals surface area contributed by atoms with E-state index in [9.17, 15) is 4.79 Å². The van der Waals surface area contributed by atoms with Crippen LogP contribution in [0.2, 0.25) is 0 Å². The number of nitrogens with one attached hydrogen (secondary N) is 1. The Bertz CT molecular complexity index is 1110. The number of aromatic nitrogens is 3. The molecule has 0 radical (unpaired) electrons. The third kappa shape index (κ3) is 4.72. The number of ether oxygens (including phenoxy) is 1. The number of thioether (sulfide) groups is 1. The summed E-state index contributed by atoms with van der Waals surface area (Å²) < 4.78 is 6.97. The summed E-state index contributed by atoms with van der Waals surface area (Å²) in [6.45, 7) is 2.52. The van der Waals surface area contributed by atoms with Crippen molar-refractivity contribution in [2.45, 2.75) is 11.3 Å². The van der Waals surface area contributed by atoms with Gasteiger partial charge in [-0.1, -0.05) is 46.6 Å². The highest BCUT2D eigenvalue weighted by Crippen LogP contribution is 2.31. The highest BCUT2D eigenvalue weighted by Gasteiger charge is 2.19. The molecule has 4 aromatic rings. The van der Waals surface area contributed by atoms with Crippen LogP contribution in [-0.2, 0) is 4.79 Å². The topological polar surface area (TPSA) is 80.2 Å². The average Bonchev–Trinajstić information content (AvgIpc) is 3.40. The number of thiazole rings is 1. The minimum absolute atomic E-state index is 0.00131. The van der Waals surface area contributed by atoms with E-state index >= 15 is 0 Å². The Labute approximate surface area is 186 Å². The van der Waals surface area contributed by atoms with Crippen LogP contribution in [0.25, 0.3) is 10.2 Å². The number of nitrogens with zero attached hydrogens (tertiary/aromatic N) is 4. The van der Waals surface area contributed by atoms with Gasteiger partial charge in [-0.2, -0.15) is 0 Å². The first kappa shape index (κ1) is 20.6. The SMILES string of the molecule is CCN(C(=O)CSc1nnc(Nc2ccc(OC)cc2)s1)c1nc2ccccc2s1. The number of carbonyl (C=O) groups is 1. The molecule has 0 fully saturated rings. The first-order valence-electron chi connectivity index (χ1n) is 9.19. The molecule has 7 nitrogen and oxygen atoms in total. The molecular weight excluding hydrogens is 438 g/mol. The minimum atomic E-state index is 0.00131. The summed E-state index contributed by atoms with van der Waals surface area (Å²) in [4.78, 5) is 19.1. The maximum absolute atomic E-state index is 12.8. The molecule has 0 unspecified atom stereocenters. The second-order valence-electron chi connectivity index (χ2n) is 6.12. The molecule has 0 saturated carbocycles. The van der Waals surface area contributed by atoms with Gasteiger partial charge in [-0.3, -0.25) is 9.69 Å². The van der Waals surface area contributed by atoms with E-state index in [0.29, 0.717) is 11.7 Å². The van der Waals surface area contributed by atoms with Crippen molar-refractivity contribution in [2.75, 3.05) is 29.6 Å². The summed E-state index contributed by atoms with van der Waals surface area (Å²) in [6.07, 6.45) is 0. The second-order valence-corrected chi connectivity index (χ2v) is 9.33. The number of amides is 1. The summed E-state index contributed by atoms with van der Waals surface area (Å²) in [5.74, 6) is 1.07. The lowest BCUT2D eigenvalue weighted by molar-refractivity contribution is -0.116. The summed E-state index contributed by atoms with van der Waals surface area (Å²) in [6, 6.07) is 15.5. The van der Waals surface area contributed by atoms with E-state index in [2.05, 4.69) is 20.5 Å². The van der Waals surface area contributed by atoms with Crippen LogP contribution in [0.15, 0.2) is 52.9 Å². The van der Waals surface area contributed by atoms with Gasteiger partial charge in [-0.15, -0.1) is 10.2 Å². The summed E-state index contributed by atoms with van der Waals surface area (Å²) >= 11 is 4.32. The number of hydrogen-bond donors (Lipinski definition) is 1. The molecule has 0 aliphatic carbocycles. The molecule has 2 aromatic heterocycles. The van der Waals surface area contributed by atoms with E-state index in [0.717, 1.165) is 31.1 Å². The predicted molar refractivity (Wildman–Crippen MR) is 125 cm³/mol. The van der Waals surface area contributed by atoms with Crippen molar-refractivity contribution in [3.63, 3.8) is 0 Å². The van der Waals surface area contributed by atoms with Gasteiger partial charge in [0.15, 0.2) is 9.47 Å². The fourth-order valence-corrected chi connectivity index (χ4v) is 5.41. The Kier molecular flexibility index (Phi) is 6.46. The minimum Gasteiger partial charge on any atom is -0.497 e. The molecule has 1 amide bonds. The number of carbonyl (C=O) groups excluding carboxylic acids is 1. The Morgan fingerprint density at radius 1 is 1.13 bits per heavy atom. The molecule has 1 N–H and O–H groups in total. The zero-order valence-electron chi connectivity index (χ0n) is 16.4. The van der Waals surface area contributed by atoms with Crippen molar-refractivity contribution >= 4 is 66.5 Å². The molecular formula is C20H19N5O2S3. The van der Waals surface area contributed by atoms with Gasteiger partial charge < -0.3 is 10.1 Å². The van der Waals surface area contributed by atoms with Gasteiger partial charge in [0.1, 0.15) is 5.75 Å². The maximum Gasteiger partial charge on any atom is 0.239 e. The number of benzene rings is 2. The molecule has 2 aromatic carbocycles. The van der Waals surface area contributed by atoms with Crippen LogP contribution in [0.3, 0.4) is 0 Å². The Morgan fingerprint density at radius 2 is 1.93 bits per heavy atom. The summed E-state index contributed by atoms with van der Waals surface area (Å²) in [7, 11) is 1.63. The summed E-state index contributed by atoms with van der Waals surface area (Å²) in [5.41, 5.74) is 1.81. The highest BCUT2D eigenvalue weighted by molar-refractivity contribution is 8.01. The first-order chi connectivity index (χ1) is 14.7. The summed E-state index contributed by atoms with van der Waals surface area (Å²) in [5, 5.41) is 12.9. The normalized spacial score (nSPS) is 10.9. The number of para-hydroxylation sites is 1. The average molecular weight is 458 g/mol. The van der Waals surface area contributed by atoms with Crippen molar-refractivity contribution in [1.29, 1.82) is 0 Å². The van der Waals surface area contributed by atoms with Crippen LogP contribution in [-0.4, -0.2) is 40.5 Å². The van der Waals surface area contributed by atoms with Crippen molar-refractivity contribution in [2.24, 2.45) is 0 Å². The van der Waals surface area contributed by atoms with E-state index in [1.54, 1.807) is 12.0 Å². The van der Waals surface area contributed by atoms with Crippen LogP contribution in [0, 0.1) is 0 Å². The molecule has 154 valence electrons. The number of methoxy groups -OCH3 is 1. The van der Waals surface area contributed by atoms with Gasteiger partial charge in [0, 0.05) is 12.2 Å². The van der Waals surface area contributed by atoms with Crippen molar-refractivity contribution in [3.8, 4) is 5.75 Å². The van der Waals surface area contributed by atoms with Gasteiger partial charge in [0.05, 0.1) is 23.1 Å². The number of rotatable bonds is 8. The van der Waals surface area contributed by atoms with E-state index in [-0.39, 0.29) is 11.7 Å². The Hall–Kier alpha value is -2.69.